The van der Waals surface area contributed by atoms with Gasteiger partial charge in [0.1, 0.15) is 17.5 Å². The summed E-state index contributed by atoms with van der Waals surface area (Å²) in [5.74, 6) is -2.16. The number of hydrogen-bond acceptors (Lipinski definition) is 5. The zero-order valence-electron chi connectivity index (χ0n) is 14.9. The molecule has 1 N–H and O–H groups in total. The lowest BCUT2D eigenvalue weighted by molar-refractivity contribution is -0.130. The molecule has 9 heteroatoms. The second-order valence-corrected chi connectivity index (χ2v) is 6.19. The Kier molecular flexibility index (Phi) is 5.79. The molecule has 0 aliphatic carbocycles. The van der Waals surface area contributed by atoms with Crippen LogP contribution in [0.4, 0.5) is 14.6 Å². The summed E-state index contributed by atoms with van der Waals surface area (Å²) >= 11 is 0. The molecule has 1 aliphatic rings. The number of carbonyl (C=O) groups is 2. The third-order valence-electron chi connectivity index (χ3n) is 4.41. The Morgan fingerprint density at radius 1 is 1.14 bits per heavy atom. The van der Waals surface area contributed by atoms with Crippen molar-refractivity contribution in [2.75, 3.05) is 37.6 Å². The Balaban J connectivity index is 1.51. The maximum Gasteiger partial charge on any atom is 0.254 e. The minimum absolute atomic E-state index is 0.280. The monoisotopic (exact) mass is 385 g/mol. The molecule has 1 saturated heterocycles. The van der Waals surface area contributed by atoms with Crippen molar-refractivity contribution in [1.29, 1.82) is 5.26 Å². The fourth-order valence-electron chi connectivity index (χ4n) is 2.88. The van der Waals surface area contributed by atoms with E-state index in [1.807, 2.05) is 4.90 Å². The average molecular weight is 385 g/mol. The third-order valence-corrected chi connectivity index (χ3v) is 4.41. The minimum Gasteiger partial charge on any atom is -0.353 e. The first-order valence-corrected chi connectivity index (χ1v) is 8.60. The first kappa shape index (κ1) is 19.2. The molecule has 1 aliphatic heterocycles. The lowest BCUT2D eigenvalue weighted by Crippen LogP contribution is -2.51. The van der Waals surface area contributed by atoms with Crippen molar-refractivity contribution in [3.8, 4) is 6.07 Å². The van der Waals surface area contributed by atoms with Gasteiger partial charge in [0.25, 0.3) is 5.91 Å². The van der Waals surface area contributed by atoms with Gasteiger partial charge in [-0.1, -0.05) is 0 Å². The number of aromatic nitrogens is 1. The maximum atomic E-state index is 13.6. The normalized spacial score (nSPS) is 13.8. The van der Waals surface area contributed by atoms with Crippen molar-refractivity contribution in [3.05, 3.63) is 59.3 Å². The van der Waals surface area contributed by atoms with Gasteiger partial charge >= 0.3 is 0 Å². The number of nitrogens with zero attached hydrogens (tertiary/aromatic N) is 4. The van der Waals surface area contributed by atoms with E-state index in [9.17, 15) is 18.4 Å². The molecule has 7 nitrogen and oxygen atoms in total. The van der Waals surface area contributed by atoms with Gasteiger partial charge in [0.05, 0.1) is 23.7 Å². The number of hydrogen-bond donors (Lipinski definition) is 1. The molecule has 0 atom stereocenters. The van der Waals surface area contributed by atoms with Crippen molar-refractivity contribution in [1.82, 2.24) is 15.2 Å². The van der Waals surface area contributed by atoms with Crippen molar-refractivity contribution < 1.29 is 18.4 Å². The number of halogens is 2. The van der Waals surface area contributed by atoms with Crippen LogP contribution in [-0.2, 0) is 4.79 Å². The average Bonchev–Trinajstić information content (AvgIpc) is 2.72. The number of benzene rings is 1. The molecule has 1 aromatic carbocycles. The van der Waals surface area contributed by atoms with E-state index in [1.54, 1.807) is 23.2 Å². The summed E-state index contributed by atoms with van der Waals surface area (Å²) in [6.07, 6.45) is 1.57. The second-order valence-electron chi connectivity index (χ2n) is 6.19. The van der Waals surface area contributed by atoms with Crippen LogP contribution in [0, 0.1) is 23.0 Å². The molecule has 28 heavy (non-hydrogen) atoms. The Bertz CT molecular complexity index is 936. The molecule has 0 unspecified atom stereocenters. The third kappa shape index (κ3) is 4.40. The molecule has 2 amide bonds. The van der Waals surface area contributed by atoms with Gasteiger partial charge in [0.2, 0.25) is 5.91 Å². The summed E-state index contributed by atoms with van der Waals surface area (Å²) in [5.41, 5.74) is 0.196. The van der Waals surface area contributed by atoms with Gasteiger partial charge in [-0.3, -0.25) is 9.59 Å². The fraction of sp³-hybridized carbons (Fsp3) is 0.263. The standard InChI is InChI=1S/C19H17F2N5O2/c20-14-1-2-15(16(21)10-14)19(28)24-12-18(27)26-7-5-25(6-8-26)17-9-13(11-22)3-4-23-17/h1-4,9-10H,5-8,12H2,(H,24,28). The van der Waals surface area contributed by atoms with E-state index >= 15 is 0 Å². The van der Waals surface area contributed by atoms with E-state index in [0.29, 0.717) is 43.6 Å². The molecular weight excluding hydrogens is 368 g/mol. The number of amides is 2. The molecule has 144 valence electrons. The van der Waals surface area contributed by atoms with Gasteiger partial charge < -0.3 is 15.1 Å². The first-order valence-electron chi connectivity index (χ1n) is 8.60. The highest BCUT2D eigenvalue weighted by Gasteiger charge is 2.23. The quantitative estimate of drug-likeness (QED) is 0.857. The highest BCUT2D eigenvalue weighted by atomic mass is 19.1. The summed E-state index contributed by atoms with van der Waals surface area (Å²) in [7, 11) is 0. The number of nitriles is 1. The van der Waals surface area contributed by atoms with Crippen LogP contribution >= 0.6 is 0 Å². The SMILES string of the molecule is N#Cc1ccnc(N2CCN(C(=O)CNC(=O)c3ccc(F)cc3F)CC2)c1. The van der Waals surface area contributed by atoms with Crippen LogP contribution < -0.4 is 10.2 Å². The Morgan fingerprint density at radius 2 is 1.89 bits per heavy atom. The number of carbonyl (C=O) groups excluding carboxylic acids is 2. The summed E-state index contributed by atoms with van der Waals surface area (Å²) in [4.78, 5) is 32.1. The smallest absolute Gasteiger partial charge is 0.254 e. The predicted molar refractivity (Wildman–Crippen MR) is 96.4 cm³/mol. The molecule has 1 aromatic heterocycles. The number of rotatable bonds is 4. The number of nitrogens with one attached hydrogen (secondary N) is 1. The second kappa shape index (κ2) is 8.43. The lowest BCUT2D eigenvalue weighted by Gasteiger charge is -2.35. The Hall–Kier alpha value is -3.54. The van der Waals surface area contributed by atoms with Gasteiger partial charge in [-0.25, -0.2) is 13.8 Å². The van der Waals surface area contributed by atoms with Crippen LogP contribution in [0.3, 0.4) is 0 Å². The van der Waals surface area contributed by atoms with Crippen LogP contribution in [0.1, 0.15) is 15.9 Å². The molecule has 0 radical (unpaired) electrons. The van der Waals surface area contributed by atoms with Crippen molar-refractivity contribution >= 4 is 17.6 Å². The molecule has 0 bridgehead atoms. The zero-order valence-corrected chi connectivity index (χ0v) is 14.9. The lowest BCUT2D eigenvalue weighted by atomic mass is 10.2. The van der Waals surface area contributed by atoms with Crippen LogP contribution in [0.15, 0.2) is 36.5 Å². The molecule has 2 aromatic rings. The number of piperazine rings is 1. The van der Waals surface area contributed by atoms with Crippen LogP contribution in [-0.4, -0.2) is 54.4 Å². The van der Waals surface area contributed by atoms with Gasteiger partial charge in [-0.15, -0.1) is 0 Å². The molecule has 0 saturated carbocycles. The van der Waals surface area contributed by atoms with Gasteiger partial charge in [-0.05, 0) is 24.3 Å². The van der Waals surface area contributed by atoms with Crippen molar-refractivity contribution in [2.45, 2.75) is 0 Å². The summed E-state index contributed by atoms with van der Waals surface area (Å²) in [6, 6.07) is 8.00. The van der Waals surface area contributed by atoms with Gasteiger partial charge in [-0.2, -0.15) is 5.26 Å². The van der Waals surface area contributed by atoms with E-state index in [2.05, 4.69) is 16.4 Å². The fourth-order valence-corrected chi connectivity index (χ4v) is 2.88. The van der Waals surface area contributed by atoms with Gasteiger partial charge in [0, 0.05) is 38.4 Å². The molecule has 3 rings (SSSR count). The number of pyridine rings is 1. The summed E-state index contributed by atoms with van der Waals surface area (Å²) in [5, 5.41) is 11.3. The predicted octanol–water partition coefficient (Wildman–Crippen LogP) is 1.31. The molecular formula is C19H17F2N5O2. The maximum absolute atomic E-state index is 13.6. The Labute approximate surface area is 160 Å². The van der Waals surface area contributed by atoms with Gasteiger partial charge in [0.15, 0.2) is 0 Å². The largest absolute Gasteiger partial charge is 0.353 e. The number of anilines is 1. The highest BCUT2D eigenvalue weighted by Crippen LogP contribution is 2.15. The Morgan fingerprint density at radius 3 is 2.57 bits per heavy atom. The topological polar surface area (TPSA) is 89.3 Å². The van der Waals surface area contributed by atoms with Crippen molar-refractivity contribution in [2.24, 2.45) is 0 Å². The van der Waals surface area contributed by atoms with E-state index < -0.39 is 17.5 Å². The first-order chi connectivity index (χ1) is 13.5. The highest BCUT2D eigenvalue weighted by molar-refractivity contribution is 5.96. The molecule has 2 heterocycles. The molecule has 0 spiro atoms. The van der Waals surface area contributed by atoms with Crippen LogP contribution in [0.5, 0.6) is 0 Å². The van der Waals surface area contributed by atoms with E-state index in [-0.39, 0.29) is 18.0 Å². The van der Waals surface area contributed by atoms with E-state index in [0.717, 1.165) is 12.1 Å². The summed E-state index contributed by atoms with van der Waals surface area (Å²) < 4.78 is 26.5. The van der Waals surface area contributed by atoms with Crippen LogP contribution in [0.2, 0.25) is 0 Å². The van der Waals surface area contributed by atoms with Crippen molar-refractivity contribution in [3.63, 3.8) is 0 Å². The minimum atomic E-state index is -0.981. The van der Waals surface area contributed by atoms with E-state index in [1.165, 1.54) is 0 Å². The zero-order chi connectivity index (χ0) is 20.1. The molecule has 1 fully saturated rings. The van der Waals surface area contributed by atoms with E-state index in [4.69, 9.17) is 5.26 Å². The van der Waals surface area contributed by atoms with Crippen LogP contribution in [0.25, 0.3) is 0 Å². The summed E-state index contributed by atoms with van der Waals surface area (Å²) in [6.45, 7) is 1.65.